The van der Waals surface area contributed by atoms with Gasteiger partial charge in [0.1, 0.15) is 42.5 Å². The molecule has 8 heteroatoms. The molecule has 0 amide bonds. The number of hydrogen-bond acceptors (Lipinski definition) is 7. The van der Waals surface area contributed by atoms with Gasteiger partial charge in [-0.2, -0.15) is 0 Å². The number of hydrogen-bond donors (Lipinski definition) is 0. The third kappa shape index (κ3) is 10.8. The first-order valence-electron chi connectivity index (χ1n) is 19.2. The summed E-state index contributed by atoms with van der Waals surface area (Å²) in [5, 5.41) is 0. The first kappa shape index (κ1) is 39.6. The Morgan fingerprint density at radius 1 is 0.596 bits per heavy atom. The standard InChI is InChI=1S/C49H47FO7/c1-35-26-44(53-30-38-16-8-3-9-17-38)43(28-41(35)27-36-22-24-42(25-23-36)56-34-50)47-49(55-32-40-20-12-5-13-21-40)48(54-31-39-18-10-4-11-19-39)46(51)45(57-47)33-52-29-37-14-6-2-7-15-37/h2-26,28,45,47-49H,27,29-34H2,1H3/t45-,47+,48+,49+/m1/s1. The molecule has 292 valence electrons. The van der Waals surface area contributed by atoms with E-state index in [4.69, 9.17) is 28.4 Å². The van der Waals surface area contributed by atoms with Gasteiger partial charge in [0.05, 0.1) is 26.4 Å². The van der Waals surface area contributed by atoms with Crippen LogP contribution in [0, 0.1) is 6.92 Å². The highest BCUT2D eigenvalue weighted by Crippen LogP contribution is 2.41. The Morgan fingerprint density at radius 2 is 1.14 bits per heavy atom. The van der Waals surface area contributed by atoms with Crippen molar-refractivity contribution in [2.24, 2.45) is 0 Å². The summed E-state index contributed by atoms with van der Waals surface area (Å²) in [6, 6.07) is 51.0. The predicted octanol–water partition coefficient (Wildman–Crippen LogP) is 9.87. The van der Waals surface area contributed by atoms with Gasteiger partial charge >= 0.3 is 0 Å². The predicted molar refractivity (Wildman–Crippen MR) is 217 cm³/mol. The normalized spacial score (nSPS) is 18.0. The summed E-state index contributed by atoms with van der Waals surface area (Å²) in [5.74, 6) is 0.831. The van der Waals surface area contributed by atoms with Crippen LogP contribution in [0.25, 0.3) is 0 Å². The van der Waals surface area contributed by atoms with Crippen LogP contribution in [0.4, 0.5) is 4.39 Å². The van der Waals surface area contributed by atoms with Gasteiger partial charge in [-0.1, -0.05) is 133 Å². The first-order valence-corrected chi connectivity index (χ1v) is 19.2. The third-order valence-electron chi connectivity index (χ3n) is 10.00. The topological polar surface area (TPSA) is 72.5 Å². The summed E-state index contributed by atoms with van der Waals surface area (Å²) in [7, 11) is 0. The maximum atomic E-state index is 14.5. The highest BCUT2D eigenvalue weighted by atomic mass is 19.1. The number of rotatable bonds is 18. The minimum Gasteiger partial charge on any atom is -0.489 e. The zero-order valence-electron chi connectivity index (χ0n) is 32.0. The third-order valence-corrected chi connectivity index (χ3v) is 10.00. The lowest BCUT2D eigenvalue weighted by atomic mass is 9.88. The quantitative estimate of drug-likeness (QED) is 0.0863. The van der Waals surface area contributed by atoms with Crippen LogP contribution < -0.4 is 9.47 Å². The molecule has 0 unspecified atom stereocenters. The number of halogens is 1. The highest BCUT2D eigenvalue weighted by Gasteiger charge is 2.48. The maximum Gasteiger partial charge on any atom is 0.228 e. The summed E-state index contributed by atoms with van der Waals surface area (Å²) in [4.78, 5) is 14.5. The number of carbonyl (C=O) groups is 1. The number of benzene rings is 6. The van der Waals surface area contributed by atoms with Crippen molar-refractivity contribution < 1.29 is 37.6 Å². The van der Waals surface area contributed by atoms with E-state index >= 15 is 0 Å². The number of alkyl halides is 1. The molecule has 0 spiro atoms. The largest absolute Gasteiger partial charge is 0.489 e. The van der Waals surface area contributed by atoms with Crippen LogP contribution >= 0.6 is 0 Å². The smallest absolute Gasteiger partial charge is 0.228 e. The molecule has 0 aromatic heterocycles. The van der Waals surface area contributed by atoms with Gasteiger partial charge in [0.25, 0.3) is 0 Å². The second-order valence-corrected chi connectivity index (χ2v) is 14.1. The van der Waals surface area contributed by atoms with Crippen molar-refractivity contribution in [1.82, 2.24) is 0 Å². The molecule has 0 bridgehead atoms. The van der Waals surface area contributed by atoms with Crippen molar-refractivity contribution in [3.8, 4) is 11.5 Å². The number of Topliss-reactive ketones (excluding diaryl/α,β-unsaturated/α-hetero) is 1. The van der Waals surface area contributed by atoms with Gasteiger partial charge in [-0.05, 0) is 76.6 Å². The second kappa shape index (κ2) is 20.0. The van der Waals surface area contributed by atoms with E-state index in [0.717, 1.165) is 44.5 Å². The van der Waals surface area contributed by atoms with Crippen molar-refractivity contribution in [1.29, 1.82) is 0 Å². The van der Waals surface area contributed by atoms with E-state index in [1.54, 1.807) is 12.1 Å². The van der Waals surface area contributed by atoms with Crippen LogP contribution in [0.3, 0.4) is 0 Å². The molecule has 1 aliphatic heterocycles. The van der Waals surface area contributed by atoms with Crippen LogP contribution in [0.5, 0.6) is 11.5 Å². The number of ketones is 1. The fourth-order valence-corrected chi connectivity index (χ4v) is 6.94. The van der Waals surface area contributed by atoms with Crippen molar-refractivity contribution in [3.05, 3.63) is 202 Å². The Morgan fingerprint density at radius 3 is 1.72 bits per heavy atom. The van der Waals surface area contributed by atoms with Crippen molar-refractivity contribution in [2.45, 2.75) is 64.2 Å². The molecule has 6 aromatic carbocycles. The monoisotopic (exact) mass is 766 g/mol. The second-order valence-electron chi connectivity index (χ2n) is 14.1. The van der Waals surface area contributed by atoms with E-state index in [1.807, 2.05) is 140 Å². The maximum absolute atomic E-state index is 14.5. The molecule has 0 saturated carbocycles. The molecule has 57 heavy (non-hydrogen) atoms. The Bertz CT molecular complexity index is 2130. The molecular formula is C49H47FO7. The van der Waals surface area contributed by atoms with Crippen LogP contribution in [-0.2, 0) is 56.6 Å². The average Bonchev–Trinajstić information content (AvgIpc) is 3.25. The Labute approximate surface area is 333 Å². The zero-order valence-corrected chi connectivity index (χ0v) is 32.0. The van der Waals surface area contributed by atoms with Crippen molar-refractivity contribution >= 4 is 5.78 Å². The van der Waals surface area contributed by atoms with Gasteiger partial charge in [0, 0.05) is 5.56 Å². The van der Waals surface area contributed by atoms with E-state index in [9.17, 15) is 9.18 Å². The van der Waals surface area contributed by atoms with Gasteiger partial charge in [0.15, 0.2) is 5.78 Å². The Balaban J connectivity index is 1.28. The summed E-state index contributed by atoms with van der Waals surface area (Å²) in [6.07, 6.45) is -3.01. The van der Waals surface area contributed by atoms with Crippen LogP contribution in [0.15, 0.2) is 158 Å². The Hall–Kier alpha value is -5.64. The lowest BCUT2D eigenvalue weighted by Gasteiger charge is -2.41. The fourth-order valence-electron chi connectivity index (χ4n) is 6.94. The van der Waals surface area contributed by atoms with E-state index < -0.39 is 31.3 Å². The molecule has 7 nitrogen and oxygen atoms in total. The molecule has 0 N–H and O–H groups in total. The van der Waals surface area contributed by atoms with Gasteiger partial charge in [-0.25, -0.2) is 4.39 Å². The van der Waals surface area contributed by atoms with E-state index in [1.165, 1.54) is 0 Å². The van der Waals surface area contributed by atoms with Gasteiger partial charge < -0.3 is 28.4 Å². The molecule has 1 heterocycles. The average molecular weight is 767 g/mol. The van der Waals surface area contributed by atoms with Crippen LogP contribution in [-0.4, -0.2) is 37.6 Å². The number of aryl methyl sites for hydroxylation is 1. The highest BCUT2D eigenvalue weighted by molar-refractivity contribution is 5.89. The summed E-state index contributed by atoms with van der Waals surface area (Å²) >= 11 is 0. The van der Waals surface area contributed by atoms with Crippen LogP contribution in [0.1, 0.15) is 50.6 Å². The van der Waals surface area contributed by atoms with Gasteiger partial charge in [-0.15, -0.1) is 0 Å². The lowest BCUT2D eigenvalue weighted by molar-refractivity contribution is -0.213. The van der Waals surface area contributed by atoms with Crippen LogP contribution in [0.2, 0.25) is 0 Å². The van der Waals surface area contributed by atoms with Gasteiger partial charge in [-0.3, -0.25) is 4.79 Å². The minimum atomic E-state index is -0.993. The molecule has 0 radical (unpaired) electrons. The SMILES string of the molecule is Cc1cc(OCc2ccccc2)c([C@@H]2O[C@H](COCc3ccccc3)C(=O)[C@H](OCc3ccccc3)[C@H]2OCc2ccccc2)cc1Cc1ccc(OCF)cc1. The minimum absolute atomic E-state index is 0.0209. The molecule has 7 rings (SSSR count). The van der Waals surface area contributed by atoms with Crippen molar-refractivity contribution in [3.63, 3.8) is 0 Å². The lowest BCUT2D eigenvalue weighted by Crippen LogP contribution is -2.54. The van der Waals surface area contributed by atoms with E-state index in [2.05, 4.69) is 13.0 Å². The molecule has 0 aliphatic carbocycles. The van der Waals surface area contributed by atoms with E-state index in [0.29, 0.717) is 31.1 Å². The zero-order chi connectivity index (χ0) is 39.2. The number of ether oxygens (including phenoxy) is 6. The first-order chi connectivity index (χ1) is 28.0. The Kier molecular flexibility index (Phi) is 13.9. The van der Waals surface area contributed by atoms with Gasteiger partial charge in [0.2, 0.25) is 6.86 Å². The fraction of sp³-hybridized carbons (Fsp3) is 0.245. The molecule has 4 atom stereocenters. The molecular weight excluding hydrogens is 720 g/mol. The summed E-state index contributed by atoms with van der Waals surface area (Å²) in [5.41, 5.74) is 7.66. The number of carbonyl (C=O) groups excluding carboxylic acids is 1. The molecule has 1 fully saturated rings. The summed E-state index contributed by atoms with van der Waals surface area (Å²) < 4.78 is 50.9. The van der Waals surface area contributed by atoms with E-state index in [-0.39, 0.29) is 25.6 Å². The molecule has 1 aliphatic rings. The molecule has 1 saturated heterocycles. The van der Waals surface area contributed by atoms with Crippen molar-refractivity contribution in [2.75, 3.05) is 13.5 Å². The summed E-state index contributed by atoms with van der Waals surface area (Å²) in [6.45, 7) is 2.25. The molecule has 6 aromatic rings.